The van der Waals surface area contributed by atoms with Crippen LogP contribution in [0.2, 0.25) is 0 Å². The molecule has 1 aliphatic heterocycles. The van der Waals surface area contributed by atoms with Crippen molar-refractivity contribution in [3.8, 4) is 0 Å². The molecule has 0 spiro atoms. The highest BCUT2D eigenvalue weighted by Crippen LogP contribution is 2.31. The standard InChI is InChI=1S/C7H11FO/c1-2-3-4-5-6-7(8)9-6/h2-5H2,1H3. The summed E-state index contributed by atoms with van der Waals surface area (Å²) in [4.78, 5) is 0. The Morgan fingerprint density at radius 1 is 1.44 bits per heavy atom. The largest absolute Gasteiger partial charge is 0.427 e. The Bertz CT molecular complexity index is 129. The van der Waals surface area contributed by atoms with Crippen LogP contribution in [0.3, 0.4) is 0 Å². The van der Waals surface area contributed by atoms with Crippen LogP contribution in [-0.2, 0) is 4.74 Å². The second-order valence-electron chi connectivity index (χ2n) is 2.26. The fraction of sp³-hybridized carbons (Fsp3) is 0.714. The summed E-state index contributed by atoms with van der Waals surface area (Å²) in [5, 5.41) is 0. The van der Waals surface area contributed by atoms with Gasteiger partial charge < -0.3 is 4.74 Å². The molecule has 1 aliphatic rings. The van der Waals surface area contributed by atoms with Crippen molar-refractivity contribution < 1.29 is 9.13 Å². The molecule has 52 valence electrons. The average molecular weight is 130 g/mol. The van der Waals surface area contributed by atoms with Gasteiger partial charge in [0.25, 0.3) is 0 Å². The van der Waals surface area contributed by atoms with Crippen LogP contribution in [0.5, 0.6) is 0 Å². The van der Waals surface area contributed by atoms with E-state index >= 15 is 0 Å². The molecule has 0 aromatic heterocycles. The van der Waals surface area contributed by atoms with Gasteiger partial charge in [0.1, 0.15) is 0 Å². The maximum Gasteiger partial charge on any atom is 0.317 e. The van der Waals surface area contributed by atoms with Crippen LogP contribution in [0.1, 0.15) is 32.6 Å². The zero-order valence-corrected chi connectivity index (χ0v) is 5.61. The Balaban J connectivity index is 1.94. The first-order valence-corrected chi connectivity index (χ1v) is 3.41. The molecule has 0 atom stereocenters. The van der Waals surface area contributed by atoms with Crippen LogP contribution < -0.4 is 0 Å². The van der Waals surface area contributed by atoms with E-state index in [0.29, 0.717) is 5.76 Å². The summed E-state index contributed by atoms with van der Waals surface area (Å²) in [7, 11) is 0. The minimum atomic E-state index is -0.342. The highest BCUT2D eigenvalue weighted by atomic mass is 19.1. The molecule has 0 saturated carbocycles. The molecule has 0 aromatic carbocycles. The Morgan fingerprint density at radius 3 is 2.56 bits per heavy atom. The Labute approximate surface area is 54.5 Å². The number of hydrogen-bond acceptors (Lipinski definition) is 1. The fourth-order valence-electron chi connectivity index (χ4n) is 0.768. The lowest BCUT2D eigenvalue weighted by Crippen LogP contribution is -1.71. The van der Waals surface area contributed by atoms with Crippen molar-refractivity contribution in [1.29, 1.82) is 0 Å². The molecule has 0 bridgehead atoms. The van der Waals surface area contributed by atoms with Gasteiger partial charge in [0, 0.05) is 6.42 Å². The molecule has 2 heteroatoms. The molecular formula is C7H11FO. The van der Waals surface area contributed by atoms with Crippen molar-refractivity contribution in [3.05, 3.63) is 11.8 Å². The Kier molecular flexibility index (Phi) is 2.09. The number of unbranched alkanes of at least 4 members (excludes halogenated alkanes) is 2. The second-order valence-corrected chi connectivity index (χ2v) is 2.26. The molecule has 9 heavy (non-hydrogen) atoms. The highest BCUT2D eigenvalue weighted by molar-refractivity contribution is 5.09. The van der Waals surface area contributed by atoms with Crippen LogP contribution >= 0.6 is 0 Å². The van der Waals surface area contributed by atoms with Gasteiger partial charge in [-0.3, -0.25) is 0 Å². The van der Waals surface area contributed by atoms with E-state index in [9.17, 15) is 4.39 Å². The first-order valence-electron chi connectivity index (χ1n) is 3.41. The molecule has 1 heterocycles. The molecular weight excluding hydrogens is 119 g/mol. The average Bonchev–Trinajstić information content (AvgIpc) is 2.48. The summed E-state index contributed by atoms with van der Waals surface area (Å²) in [5.41, 5.74) is 0. The quantitative estimate of drug-likeness (QED) is 0.533. The van der Waals surface area contributed by atoms with E-state index in [4.69, 9.17) is 0 Å². The smallest absolute Gasteiger partial charge is 0.317 e. The Morgan fingerprint density at radius 2 is 2.11 bits per heavy atom. The number of ether oxygens (including phenoxy) is 1. The Hall–Kier alpha value is -0.530. The van der Waals surface area contributed by atoms with Gasteiger partial charge in [0.2, 0.25) is 0 Å². The van der Waals surface area contributed by atoms with E-state index in [1.807, 2.05) is 0 Å². The SMILES string of the molecule is CCCCCC1=C(F)O1. The van der Waals surface area contributed by atoms with Gasteiger partial charge in [-0.15, -0.1) is 0 Å². The lowest BCUT2D eigenvalue weighted by atomic mass is 10.2. The van der Waals surface area contributed by atoms with E-state index in [1.54, 1.807) is 0 Å². The number of halogens is 1. The first-order chi connectivity index (χ1) is 4.34. The van der Waals surface area contributed by atoms with Crippen LogP contribution in [0.15, 0.2) is 11.8 Å². The van der Waals surface area contributed by atoms with E-state index in [2.05, 4.69) is 11.7 Å². The second kappa shape index (κ2) is 2.85. The molecule has 0 fully saturated rings. The van der Waals surface area contributed by atoms with E-state index in [1.165, 1.54) is 12.8 Å². The molecule has 0 N–H and O–H groups in total. The minimum Gasteiger partial charge on any atom is -0.427 e. The third-order valence-corrected chi connectivity index (χ3v) is 1.40. The van der Waals surface area contributed by atoms with Gasteiger partial charge in [0.15, 0.2) is 5.76 Å². The van der Waals surface area contributed by atoms with Crippen molar-refractivity contribution in [3.63, 3.8) is 0 Å². The molecule has 0 radical (unpaired) electrons. The van der Waals surface area contributed by atoms with Crippen molar-refractivity contribution in [2.45, 2.75) is 32.6 Å². The fourth-order valence-corrected chi connectivity index (χ4v) is 0.768. The van der Waals surface area contributed by atoms with Gasteiger partial charge in [0.05, 0.1) is 0 Å². The lowest BCUT2D eigenvalue weighted by Gasteiger charge is -1.88. The zero-order chi connectivity index (χ0) is 6.69. The van der Waals surface area contributed by atoms with Gasteiger partial charge in [-0.2, -0.15) is 4.39 Å². The lowest BCUT2D eigenvalue weighted by molar-refractivity contribution is 0.364. The van der Waals surface area contributed by atoms with E-state index in [-0.39, 0.29) is 6.01 Å². The monoisotopic (exact) mass is 130 g/mol. The maximum atomic E-state index is 11.9. The summed E-state index contributed by atoms with van der Waals surface area (Å²) in [5.74, 6) is 0.573. The van der Waals surface area contributed by atoms with Crippen molar-refractivity contribution in [2.75, 3.05) is 0 Å². The summed E-state index contributed by atoms with van der Waals surface area (Å²) in [6.07, 6.45) is 4.19. The van der Waals surface area contributed by atoms with Gasteiger partial charge in [-0.05, 0) is 6.42 Å². The number of allylic oxidation sites excluding steroid dienone is 1. The zero-order valence-electron chi connectivity index (χ0n) is 5.61. The third-order valence-electron chi connectivity index (χ3n) is 1.40. The summed E-state index contributed by atoms with van der Waals surface area (Å²) < 4.78 is 16.3. The normalized spacial score (nSPS) is 15.8. The third kappa shape index (κ3) is 2.04. The van der Waals surface area contributed by atoms with Gasteiger partial charge in [-0.25, -0.2) is 0 Å². The summed E-state index contributed by atoms with van der Waals surface area (Å²) >= 11 is 0. The van der Waals surface area contributed by atoms with Crippen molar-refractivity contribution in [2.24, 2.45) is 0 Å². The summed E-state index contributed by atoms with van der Waals surface area (Å²) in [6.45, 7) is 2.12. The number of hydrogen-bond donors (Lipinski definition) is 0. The molecule has 1 nitrogen and oxygen atoms in total. The van der Waals surface area contributed by atoms with Gasteiger partial charge in [-0.1, -0.05) is 19.8 Å². The molecule has 0 saturated heterocycles. The molecule has 1 rings (SSSR count). The van der Waals surface area contributed by atoms with Crippen LogP contribution in [-0.4, -0.2) is 0 Å². The molecule has 0 amide bonds. The van der Waals surface area contributed by atoms with Crippen LogP contribution in [0, 0.1) is 0 Å². The maximum absolute atomic E-state index is 11.9. The predicted molar refractivity (Wildman–Crippen MR) is 33.4 cm³/mol. The topological polar surface area (TPSA) is 12.5 Å². The van der Waals surface area contributed by atoms with Crippen LogP contribution in [0.4, 0.5) is 4.39 Å². The van der Waals surface area contributed by atoms with Gasteiger partial charge >= 0.3 is 6.01 Å². The van der Waals surface area contributed by atoms with Crippen molar-refractivity contribution >= 4 is 0 Å². The predicted octanol–water partition coefficient (Wildman–Crippen LogP) is 2.74. The highest BCUT2D eigenvalue weighted by Gasteiger charge is 2.23. The van der Waals surface area contributed by atoms with Crippen molar-refractivity contribution in [1.82, 2.24) is 0 Å². The van der Waals surface area contributed by atoms with E-state index in [0.717, 1.165) is 12.8 Å². The molecule has 0 aliphatic carbocycles. The molecule has 0 unspecified atom stereocenters. The summed E-state index contributed by atoms with van der Waals surface area (Å²) in [6, 6.07) is -0.342. The minimum absolute atomic E-state index is 0.342. The van der Waals surface area contributed by atoms with E-state index < -0.39 is 0 Å². The first kappa shape index (κ1) is 6.59. The van der Waals surface area contributed by atoms with Crippen LogP contribution in [0.25, 0.3) is 0 Å². The number of rotatable bonds is 4. The molecule has 0 aromatic rings.